The second-order valence-electron chi connectivity index (χ2n) is 10.2. The van der Waals surface area contributed by atoms with Crippen molar-refractivity contribution in [1.29, 1.82) is 0 Å². The minimum Gasteiger partial charge on any atom is -0.0700 e. The lowest BCUT2D eigenvalue weighted by atomic mass is 9.60. The van der Waals surface area contributed by atoms with Gasteiger partial charge in [0.25, 0.3) is 0 Å². The van der Waals surface area contributed by atoms with Crippen LogP contribution in [-0.2, 0) is 0 Å². The molecule has 0 bridgehead atoms. The molecule has 0 atom stereocenters. The molecule has 0 aromatic carbocycles. The smallest absolute Gasteiger partial charge is 0.00570 e. The minimum absolute atomic E-state index is 0.262. The molecule has 2 fully saturated rings. The second-order valence-corrected chi connectivity index (χ2v) is 10.2. The fourth-order valence-corrected chi connectivity index (χ4v) is 5.08. The molecule has 0 heterocycles. The summed E-state index contributed by atoms with van der Waals surface area (Å²) in [4.78, 5) is 0. The Kier molecular flexibility index (Phi) is 4.36. The Morgan fingerprint density at radius 1 is 0.500 bits per heavy atom. The highest BCUT2D eigenvalue weighted by Gasteiger charge is 2.40. The van der Waals surface area contributed by atoms with Crippen LogP contribution in [0.25, 0.3) is 0 Å². The van der Waals surface area contributed by atoms with E-state index in [-0.39, 0.29) is 21.7 Å². The van der Waals surface area contributed by atoms with Crippen molar-refractivity contribution in [1.82, 2.24) is 0 Å². The summed E-state index contributed by atoms with van der Waals surface area (Å²) in [6.07, 6.45) is 7.79. The van der Waals surface area contributed by atoms with Gasteiger partial charge in [-0.25, -0.2) is 0 Å². The molecular weight excluding hydrogens is 264 g/mol. The fourth-order valence-electron chi connectivity index (χ4n) is 5.08. The molecule has 2 aliphatic carbocycles. The van der Waals surface area contributed by atoms with E-state index in [1.807, 2.05) is 0 Å². The predicted octanol–water partition coefficient (Wildman–Crippen LogP) is 7.07. The van der Waals surface area contributed by atoms with Crippen LogP contribution in [0.4, 0.5) is 0 Å². The molecule has 0 unspecified atom stereocenters. The Bertz CT molecular complexity index is 453. The van der Waals surface area contributed by atoms with E-state index >= 15 is 0 Å². The van der Waals surface area contributed by atoms with Gasteiger partial charge in [-0.15, -0.1) is 0 Å². The maximum atomic E-state index is 3.71. The molecule has 22 heavy (non-hydrogen) atoms. The van der Waals surface area contributed by atoms with Gasteiger partial charge in [0.15, 0.2) is 0 Å². The van der Waals surface area contributed by atoms with Gasteiger partial charge in [0.05, 0.1) is 0 Å². The van der Waals surface area contributed by atoms with Crippen molar-refractivity contribution in [2.24, 2.45) is 21.7 Å². The van der Waals surface area contributed by atoms with Crippen molar-refractivity contribution in [2.75, 3.05) is 0 Å². The number of rotatable bonds is 0. The van der Waals surface area contributed by atoms with Crippen molar-refractivity contribution in [3.05, 3.63) is 22.6 Å². The molecular formula is C22H36. The van der Waals surface area contributed by atoms with E-state index in [0.717, 1.165) is 0 Å². The quantitative estimate of drug-likeness (QED) is 0.420. The van der Waals surface area contributed by atoms with E-state index in [9.17, 15) is 0 Å². The van der Waals surface area contributed by atoms with E-state index in [4.69, 9.17) is 0 Å². The molecule has 0 amide bonds. The number of hydrogen-bond acceptors (Lipinski definition) is 0. The number of hydrogen-bond donors (Lipinski definition) is 0. The first-order valence-electron chi connectivity index (χ1n) is 9.16. The van der Waals surface area contributed by atoms with Gasteiger partial charge < -0.3 is 0 Å². The molecule has 0 nitrogen and oxygen atoms in total. The molecule has 0 saturated heterocycles. The van der Waals surface area contributed by atoms with E-state index in [1.165, 1.54) is 49.7 Å². The van der Waals surface area contributed by atoms with Gasteiger partial charge in [-0.05, 0) is 58.5 Å². The van der Waals surface area contributed by atoms with Crippen molar-refractivity contribution in [3.8, 4) is 0 Å². The van der Waals surface area contributed by atoms with Gasteiger partial charge in [-0.3, -0.25) is 0 Å². The molecule has 2 rings (SSSR count). The predicted molar refractivity (Wildman–Crippen MR) is 96.9 cm³/mol. The summed E-state index contributed by atoms with van der Waals surface area (Å²) in [5.41, 5.74) is 11.4. The Labute approximate surface area is 138 Å². The molecule has 124 valence electrons. The molecule has 0 radical (unpaired) electrons. The molecule has 0 N–H and O–H groups in total. The standard InChI is InChI=1S/C22H36/c1-19(2)13-9-14-20(3,4)17(19)11-12-18-21(5,6)15-10-16-22(18,7)8/h9-10,13-16H2,1-8H3. The Balaban J connectivity index is 2.66. The summed E-state index contributed by atoms with van der Waals surface area (Å²) >= 11 is 0. The Morgan fingerprint density at radius 2 is 0.727 bits per heavy atom. The third kappa shape index (κ3) is 3.29. The summed E-state index contributed by atoms with van der Waals surface area (Å²) in [6.45, 7) is 19.1. The summed E-state index contributed by atoms with van der Waals surface area (Å²) in [5, 5.41) is 0. The molecule has 0 heteroatoms. The highest BCUT2D eigenvalue weighted by atomic mass is 14.4. The zero-order valence-electron chi connectivity index (χ0n) is 16.2. The van der Waals surface area contributed by atoms with Gasteiger partial charge in [-0.1, -0.05) is 79.7 Å². The Hall–Kier alpha value is -0.700. The highest BCUT2D eigenvalue weighted by molar-refractivity contribution is 5.26. The van der Waals surface area contributed by atoms with Gasteiger partial charge in [0, 0.05) is 0 Å². The second kappa shape index (κ2) is 5.43. The molecule has 0 aromatic heterocycles. The molecule has 0 aromatic rings. The molecule has 2 aliphatic rings. The summed E-state index contributed by atoms with van der Waals surface area (Å²) in [6, 6.07) is 0. The van der Waals surface area contributed by atoms with E-state index in [1.54, 1.807) is 0 Å². The third-order valence-corrected chi connectivity index (χ3v) is 6.23. The summed E-state index contributed by atoms with van der Waals surface area (Å²) in [5.74, 6) is 0. The van der Waals surface area contributed by atoms with Crippen molar-refractivity contribution in [2.45, 2.75) is 93.9 Å². The van der Waals surface area contributed by atoms with E-state index in [2.05, 4.69) is 66.9 Å². The fraction of sp³-hybridized carbons (Fsp3) is 0.818. The van der Waals surface area contributed by atoms with Crippen LogP contribution >= 0.6 is 0 Å². The van der Waals surface area contributed by atoms with Gasteiger partial charge in [0.1, 0.15) is 0 Å². The third-order valence-electron chi connectivity index (χ3n) is 6.23. The largest absolute Gasteiger partial charge is 0.0700 e. The maximum absolute atomic E-state index is 3.71. The van der Waals surface area contributed by atoms with Crippen molar-refractivity contribution < 1.29 is 0 Å². The summed E-state index contributed by atoms with van der Waals surface area (Å²) in [7, 11) is 0. The van der Waals surface area contributed by atoms with Crippen molar-refractivity contribution >= 4 is 0 Å². The van der Waals surface area contributed by atoms with Crippen molar-refractivity contribution in [3.63, 3.8) is 0 Å². The molecule has 0 spiro atoms. The zero-order chi connectivity index (χ0) is 16.8. The minimum atomic E-state index is 0.262. The van der Waals surface area contributed by atoms with Crippen LogP contribution in [0.2, 0.25) is 0 Å². The lowest BCUT2D eigenvalue weighted by Crippen LogP contribution is -2.32. The lowest BCUT2D eigenvalue weighted by molar-refractivity contribution is 0.213. The van der Waals surface area contributed by atoms with Crippen LogP contribution in [0.3, 0.4) is 0 Å². The normalized spacial score (nSPS) is 28.7. The number of allylic oxidation sites excluding steroid dienone is 2. The SMILES string of the molecule is CC1(C)CCCC(C)(C)C1=C=C=C1C(C)(C)CCCC1(C)C. The van der Waals surface area contributed by atoms with Crippen LogP contribution < -0.4 is 0 Å². The van der Waals surface area contributed by atoms with Crippen LogP contribution in [-0.4, -0.2) is 0 Å². The molecule has 2 saturated carbocycles. The zero-order valence-corrected chi connectivity index (χ0v) is 16.2. The average Bonchev–Trinajstić information content (AvgIpc) is 2.29. The highest BCUT2D eigenvalue weighted by Crippen LogP contribution is 2.51. The van der Waals surface area contributed by atoms with E-state index in [0.29, 0.717) is 0 Å². The first-order valence-corrected chi connectivity index (χ1v) is 9.16. The maximum Gasteiger partial charge on any atom is -0.00570 e. The van der Waals surface area contributed by atoms with Crippen LogP contribution in [0.15, 0.2) is 22.6 Å². The topological polar surface area (TPSA) is 0 Å². The first kappa shape index (κ1) is 17.7. The van der Waals surface area contributed by atoms with E-state index < -0.39 is 0 Å². The summed E-state index contributed by atoms with van der Waals surface area (Å²) < 4.78 is 0. The van der Waals surface area contributed by atoms with Gasteiger partial charge in [0.2, 0.25) is 0 Å². The lowest BCUT2D eigenvalue weighted by Gasteiger charge is -2.43. The molecule has 0 aliphatic heterocycles. The average molecular weight is 301 g/mol. The van der Waals surface area contributed by atoms with Crippen LogP contribution in [0, 0.1) is 21.7 Å². The van der Waals surface area contributed by atoms with Gasteiger partial charge in [-0.2, -0.15) is 0 Å². The monoisotopic (exact) mass is 300 g/mol. The van der Waals surface area contributed by atoms with Crippen LogP contribution in [0.1, 0.15) is 93.9 Å². The Morgan fingerprint density at radius 3 is 0.955 bits per heavy atom. The first-order chi connectivity index (χ1) is 9.89. The van der Waals surface area contributed by atoms with Crippen LogP contribution in [0.5, 0.6) is 0 Å². The van der Waals surface area contributed by atoms with Gasteiger partial charge >= 0.3 is 0 Å².